The average Bonchev–Trinajstić information content (AvgIpc) is 2.65. The van der Waals surface area contributed by atoms with E-state index in [1.54, 1.807) is 17.9 Å². The number of aliphatic hydroxyl groups excluding tert-OH is 1. The Labute approximate surface area is 91.6 Å². The fourth-order valence-corrected chi connectivity index (χ4v) is 1.38. The molecule has 0 amide bonds. The van der Waals surface area contributed by atoms with Crippen molar-refractivity contribution < 1.29 is 9.50 Å². The highest BCUT2D eigenvalue weighted by Gasteiger charge is 2.12. The molecule has 0 aliphatic rings. The lowest BCUT2D eigenvalue weighted by Gasteiger charge is -2.07. The van der Waals surface area contributed by atoms with Crippen molar-refractivity contribution >= 4 is 0 Å². The number of aromatic nitrogens is 4. The van der Waals surface area contributed by atoms with Gasteiger partial charge in [-0.2, -0.15) is 0 Å². The molecule has 1 unspecified atom stereocenters. The summed E-state index contributed by atoms with van der Waals surface area (Å²) in [6.45, 7) is 0. The molecule has 0 fully saturated rings. The Bertz CT molecular complexity index is 468. The topological polar surface area (TPSA) is 63.8 Å². The number of hydrogen-bond acceptors (Lipinski definition) is 4. The summed E-state index contributed by atoms with van der Waals surface area (Å²) in [6, 6.07) is 2.72. The summed E-state index contributed by atoms with van der Waals surface area (Å²) in [5, 5.41) is 17.4. The summed E-state index contributed by atoms with van der Waals surface area (Å²) in [5.74, 6) is -0.421. The molecule has 2 heterocycles. The van der Waals surface area contributed by atoms with Gasteiger partial charge in [0.15, 0.2) is 0 Å². The first-order valence-electron chi connectivity index (χ1n) is 4.80. The molecule has 0 spiro atoms. The molecule has 0 saturated carbocycles. The van der Waals surface area contributed by atoms with Crippen LogP contribution >= 0.6 is 0 Å². The van der Waals surface area contributed by atoms with E-state index in [1.807, 2.05) is 0 Å². The molecule has 0 aliphatic carbocycles. The molecule has 1 atom stereocenters. The predicted octanol–water partition coefficient (Wildman–Crippen LogP) is 0.625. The van der Waals surface area contributed by atoms with Gasteiger partial charge in [0.05, 0.1) is 17.6 Å². The maximum atomic E-state index is 12.6. The van der Waals surface area contributed by atoms with Gasteiger partial charge in [-0.3, -0.25) is 9.67 Å². The van der Waals surface area contributed by atoms with Crippen molar-refractivity contribution in [2.45, 2.75) is 12.5 Å². The number of halogens is 1. The lowest BCUT2D eigenvalue weighted by atomic mass is 10.1. The maximum Gasteiger partial charge on any atom is 0.141 e. The second-order valence-electron chi connectivity index (χ2n) is 3.50. The summed E-state index contributed by atoms with van der Waals surface area (Å²) >= 11 is 0. The molecule has 0 radical (unpaired) electrons. The van der Waals surface area contributed by atoms with Gasteiger partial charge in [0, 0.05) is 19.7 Å². The minimum absolute atomic E-state index is 0.312. The summed E-state index contributed by atoms with van der Waals surface area (Å²) in [5.41, 5.74) is 1.09. The highest BCUT2D eigenvalue weighted by Crippen LogP contribution is 2.14. The van der Waals surface area contributed by atoms with E-state index in [4.69, 9.17) is 0 Å². The Morgan fingerprint density at radius 3 is 2.88 bits per heavy atom. The van der Waals surface area contributed by atoms with Gasteiger partial charge in [0.1, 0.15) is 11.9 Å². The molecule has 0 saturated heterocycles. The Morgan fingerprint density at radius 1 is 1.50 bits per heavy atom. The number of rotatable bonds is 3. The quantitative estimate of drug-likeness (QED) is 0.827. The van der Waals surface area contributed by atoms with Crippen molar-refractivity contribution in [3.05, 3.63) is 41.7 Å². The van der Waals surface area contributed by atoms with E-state index in [2.05, 4.69) is 15.3 Å². The predicted molar refractivity (Wildman–Crippen MR) is 53.9 cm³/mol. The third kappa shape index (κ3) is 2.40. The van der Waals surface area contributed by atoms with Gasteiger partial charge < -0.3 is 5.11 Å². The van der Waals surface area contributed by atoms with E-state index in [0.29, 0.717) is 17.8 Å². The van der Waals surface area contributed by atoms with Crippen LogP contribution in [-0.2, 0) is 13.5 Å². The number of hydrogen-bond donors (Lipinski definition) is 1. The van der Waals surface area contributed by atoms with Crippen LogP contribution in [0, 0.1) is 5.82 Å². The fraction of sp³-hybridized carbons (Fsp3) is 0.300. The summed E-state index contributed by atoms with van der Waals surface area (Å²) < 4.78 is 14.2. The van der Waals surface area contributed by atoms with E-state index in [1.165, 1.54) is 12.1 Å². The van der Waals surface area contributed by atoms with Crippen LogP contribution in [0.2, 0.25) is 0 Å². The second-order valence-corrected chi connectivity index (χ2v) is 3.50. The minimum atomic E-state index is -0.794. The highest BCUT2D eigenvalue weighted by molar-refractivity contribution is 5.10. The van der Waals surface area contributed by atoms with Crippen molar-refractivity contribution in [1.29, 1.82) is 0 Å². The van der Waals surface area contributed by atoms with Crippen molar-refractivity contribution in [2.75, 3.05) is 0 Å². The summed E-state index contributed by atoms with van der Waals surface area (Å²) in [6.07, 6.45) is 2.31. The summed E-state index contributed by atoms with van der Waals surface area (Å²) in [4.78, 5) is 3.80. The Kier molecular flexibility index (Phi) is 2.91. The van der Waals surface area contributed by atoms with Crippen molar-refractivity contribution in [3.8, 4) is 0 Å². The first kappa shape index (κ1) is 10.7. The Balaban J connectivity index is 2.08. The average molecular weight is 222 g/mol. The van der Waals surface area contributed by atoms with E-state index in [-0.39, 0.29) is 0 Å². The molecule has 0 aromatic carbocycles. The number of aliphatic hydroxyl groups is 1. The molecule has 6 heteroatoms. The van der Waals surface area contributed by atoms with Gasteiger partial charge in [-0.1, -0.05) is 5.21 Å². The zero-order chi connectivity index (χ0) is 11.5. The van der Waals surface area contributed by atoms with Crippen LogP contribution in [-0.4, -0.2) is 25.1 Å². The van der Waals surface area contributed by atoms with E-state index >= 15 is 0 Å². The van der Waals surface area contributed by atoms with E-state index in [0.717, 1.165) is 6.20 Å². The van der Waals surface area contributed by atoms with Crippen LogP contribution in [0.1, 0.15) is 17.5 Å². The number of pyridine rings is 1. The molecular formula is C10H11FN4O. The number of nitrogens with zero attached hydrogens (tertiary/aromatic N) is 4. The van der Waals surface area contributed by atoms with Crippen molar-refractivity contribution in [1.82, 2.24) is 20.0 Å². The molecule has 84 valence electrons. The molecule has 0 bridgehead atoms. The normalized spacial score (nSPS) is 12.7. The monoisotopic (exact) mass is 222 g/mol. The van der Waals surface area contributed by atoms with Gasteiger partial charge in [0.2, 0.25) is 0 Å². The molecule has 2 aromatic rings. The zero-order valence-electron chi connectivity index (χ0n) is 8.71. The van der Waals surface area contributed by atoms with Gasteiger partial charge in [0.25, 0.3) is 0 Å². The Hall–Kier alpha value is -1.82. The SMILES string of the molecule is Cn1cc(CC(O)c2ccc(F)cn2)nn1. The van der Waals surface area contributed by atoms with Crippen LogP contribution in [0.15, 0.2) is 24.5 Å². The zero-order valence-corrected chi connectivity index (χ0v) is 8.71. The van der Waals surface area contributed by atoms with Crippen LogP contribution in [0.3, 0.4) is 0 Å². The van der Waals surface area contributed by atoms with Crippen LogP contribution < -0.4 is 0 Å². The van der Waals surface area contributed by atoms with Crippen molar-refractivity contribution in [3.63, 3.8) is 0 Å². The first-order valence-corrected chi connectivity index (χ1v) is 4.80. The summed E-state index contributed by atoms with van der Waals surface area (Å²) in [7, 11) is 1.75. The molecule has 1 N–H and O–H groups in total. The van der Waals surface area contributed by atoms with Crippen LogP contribution in [0.4, 0.5) is 4.39 Å². The highest BCUT2D eigenvalue weighted by atomic mass is 19.1. The van der Waals surface area contributed by atoms with Gasteiger partial charge in [-0.25, -0.2) is 4.39 Å². The third-order valence-electron chi connectivity index (χ3n) is 2.14. The third-order valence-corrected chi connectivity index (χ3v) is 2.14. The Morgan fingerprint density at radius 2 is 2.31 bits per heavy atom. The standard InChI is InChI=1S/C10H11FN4O/c1-15-6-8(13-14-15)4-10(16)9-3-2-7(11)5-12-9/h2-3,5-6,10,16H,4H2,1H3. The largest absolute Gasteiger partial charge is 0.386 e. The van der Waals surface area contributed by atoms with Crippen LogP contribution in [0.5, 0.6) is 0 Å². The first-order chi connectivity index (χ1) is 7.65. The molecule has 5 nitrogen and oxygen atoms in total. The molecule has 0 aliphatic heterocycles. The van der Waals surface area contributed by atoms with Crippen LogP contribution in [0.25, 0.3) is 0 Å². The van der Waals surface area contributed by atoms with Crippen molar-refractivity contribution in [2.24, 2.45) is 7.05 Å². The molecule has 2 aromatic heterocycles. The lowest BCUT2D eigenvalue weighted by Crippen LogP contribution is -2.04. The van der Waals surface area contributed by atoms with Gasteiger partial charge >= 0.3 is 0 Å². The van der Waals surface area contributed by atoms with E-state index < -0.39 is 11.9 Å². The lowest BCUT2D eigenvalue weighted by molar-refractivity contribution is 0.172. The minimum Gasteiger partial charge on any atom is -0.386 e. The van der Waals surface area contributed by atoms with E-state index in [9.17, 15) is 9.50 Å². The second kappa shape index (κ2) is 4.36. The smallest absolute Gasteiger partial charge is 0.141 e. The molecule has 2 rings (SSSR count). The van der Waals surface area contributed by atoms with Gasteiger partial charge in [-0.05, 0) is 12.1 Å². The molecular weight excluding hydrogens is 211 g/mol. The number of aryl methyl sites for hydroxylation is 1. The molecule has 16 heavy (non-hydrogen) atoms. The van der Waals surface area contributed by atoms with Gasteiger partial charge in [-0.15, -0.1) is 5.10 Å². The maximum absolute atomic E-state index is 12.6. The fourth-order valence-electron chi connectivity index (χ4n) is 1.38.